The molecule has 1 heterocycles. The van der Waals surface area contributed by atoms with E-state index in [1.54, 1.807) is 0 Å². The average Bonchev–Trinajstić information content (AvgIpc) is 3.84. The smallest absolute Gasteiger partial charge is 0.130 e. The number of rotatable bonds is 10. The number of nitrogens with zero attached hydrogens (tertiary/aromatic N) is 3. The van der Waals surface area contributed by atoms with E-state index in [1.807, 2.05) is 35.5 Å². The third-order valence-electron chi connectivity index (χ3n) is 6.86. The van der Waals surface area contributed by atoms with Crippen molar-refractivity contribution >= 4 is 23.3 Å². The van der Waals surface area contributed by atoms with E-state index in [4.69, 9.17) is 14.6 Å². The van der Waals surface area contributed by atoms with Crippen molar-refractivity contribution in [2.45, 2.75) is 31.8 Å². The minimum Gasteiger partial charge on any atom is -0.490 e. The molecule has 196 valence electrons. The summed E-state index contributed by atoms with van der Waals surface area (Å²) in [4.78, 5) is 2.28. The van der Waals surface area contributed by atoms with Crippen molar-refractivity contribution in [1.29, 1.82) is 0 Å². The van der Waals surface area contributed by atoms with Crippen LogP contribution >= 0.6 is 0 Å². The first-order valence-electron chi connectivity index (χ1n) is 13.7. The summed E-state index contributed by atoms with van der Waals surface area (Å²) in [5.41, 5.74) is 6.32. The molecule has 3 aliphatic rings. The van der Waals surface area contributed by atoms with Crippen LogP contribution in [0.3, 0.4) is 0 Å². The zero-order valence-corrected chi connectivity index (χ0v) is 22.0. The maximum Gasteiger partial charge on any atom is 0.130 e. The highest BCUT2D eigenvalue weighted by molar-refractivity contribution is 5.86. The lowest BCUT2D eigenvalue weighted by Gasteiger charge is -2.28. The van der Waals surface area contributed by atoms with E-state index in [0.717, 1.165) is 72.1 Å². The van der Waals surface area contributed by atoms with Crippen molar-refractivity contribution in [2.75, 3.05) is 23.1 Å². The minimum absolute atomic E-state index is 0.158. The summed E-state index contributed by atoms with van der Waals surface area (Å²) in [5.74, 6) is 0.786. The van der Waals surface area contributed by atoms with E-state index in [1.165, 1.54) is 0 Å². The van der Waals surface area contributed by atoms with Crippen LogP contribution in [0.4, 0.5) is 17.1 Å². The Labute approximate surface area is 230 Å². The van der Waals surface area contributed by atoms with Crippen LogP contribution in [0, 0.1) is 0 Å². The molecule has 0 N–H and O–H groups in total. The monoisotopic (exact) mass is 515 g/mol. The molecule has 5 nitrogen and oxygen atoms in total. The lowest BCUT2D eigenvalue weighted by atomic mass is 10.1. The van der Waals surface area contributed by atoms with Crippen molar-refractivity contribution < 1.29 is 9.47 Å². The number of epoxide rings is 1. The number of hydrazone groups is 1. The highest BCUT2D eigenvalue weighted by Gasteiger charge is 2.24. The molecule has 0 amide bonds. The third-order valence-corrected chi connectivity index (χ3v) is 6.86. The second kappa shape index (κ2) is 12.0. The first-order chi connectivity index (χ1) is 19.3. The Morgan fingerprint density at radius 2 is 1.44 bits per heavy atom. The fraction of sp³-hybridized carbons (Fsp3) is 0.206. The Bertz CT molecular complexity index is 1420. The molecular weight excluding hydrogens is 482 g/mol. The van der Waals surface area contributed by atoms with Gasteiger partial charge < -0.3 is 14.4 Å². The maximum absolute atomic E-state index is 6.33. The van der Waals surface area contributed by atoms with Gasteiger partial charge in [-0.15, -0.1) is 0 Å². The summed E-state index contributed by atoms with van der Waals surface area (Å²) in [6.07, 6.45) is 19.5. The van der Waals surface area contributed by atoms with E-state index < -0.39 is 0 Å². The van der Waals surface area contributed by atoms with Crippen LogP contribution in [0.2, 0.25) is 0 Å². The van der Waals surface area contributed by atoms with Gasteiger partial charge in [-0.05, 0) is 74.2 Å². The van der Waals surface area contributed by atoms with Gasteiger partial charge in [-0.1, -0.05) is 60.7 Å². The van der Waals surface area contributed by atoms with Crippen molar-refractivity contribution in [3.63, 3.8) is 0 Å². The Morgan fingerprint density at radius 1 is 0.769 bits per heavy atom. The molecule has 1 atom stereocenters. The summed E-state index contributed by atoms with van der Waals surface area (Å²) in [5, 5.41) is 6.95. The lowest BCUT2D eigenvalue weighted by Crippen LogP contribution is -2.17. The number of anilines is 3. The molecule has 6 rings (SSSR count). The molecule has 0 radical (unpaired) electrons. The largest absolute Gasteiger partial charge is 0.490 e. The van der Waals surface area contributed by atoms with Gasteiger partial charge in [-0.3, -0.25) is 0 Å². The third kappa shape index (κ3) is 6.21. The number of benzene rings is 3. The quantitative estimate of drug-likeness (QED) is 0.156. The molecule has 1 fully saturated rings. The minimum atomic E-state index is 0.158. The summed E-state index contributed by atoms with van der Waals surface area (Å²) < 4.78 is 11.8. The van der Waals surface area contributed by atoms with Crippen molar-refractivity contribution in [3.8, 4) is 5.75 Å². The van der Waals surface area contributed by atoms with Gasteiger partial charge in [0, 0.05) is 28.7 Å². The van der Waals surface area contributed by atoms with Crippen molar-refractivity contribution in [2.24, 2.45) is 5.10 Å². The first kappa shape index (κ1) is 25.0. The fourth-order valence-electron chi connectivity index (χ4n) is 4.76. The average molecular weight is 516 g/mol. The molecule has 0 bridgehead atoms. The van der Waals surface area contributed by atoms with Gasteiger partial charge in [0.1, 0.15) is 18.5 Å². The van der Waals surface area contributed by atoms with E-state index in [0.29, 0.717) is 6.61 Å². The molecule has 0 aromatic heterocycles. The van der Waals surface area contributed by atoms with Crippen LogP contribution in [0.15, 0.2) is 132 Å². The summed E-state index contributed by atoms with van der Waals surface area (Å²) in [6.45, 7) is 1.27. The Morgan fingerprint density at radius 3 is 2.08 bits per heavy atom. The van der Waals surface area contributed by atoms with Crippen LogP contribution < -0.4 is 14.6 Å². The van der Waals surface area contributed by atoms with E-state index in [9.17, 15) is 0 Å². The summed E-state index contributed by atoms with van der Waals surface area (Å²) in [6, 6.07) is 27.1. The SMILES string of the molecule is C1=CC(N(/N=C/c2ccc(N(C3=CCCC=C3)c3ccccc3)cc2OCC2CO2)c2ccccc2)=CCC1. The van der Waals surface area contributed by atoms with E-state index in [-0.39, 0.29) is 6.10 Å². The molecule has 1 saturated heterocycles. The van der Waals surface area contributed by atoms with Crippen molar-refractivity contribution in [1.82, 2.24) is 0 Å². The molecule has 5 heteroatoms. The zero-order valence-electron chi connectivity index (χ0n) is 22.0. The van der Waals surface area contributed by atoms with Crippen LogP contribution in [0.25, 0.3) is 0 Å². The standard InChI is InChI=1S/C34H33N3O2/c1-5-13-28(14-6-1)36(29-15-7-2-8-16-29)32-22-21-27(34(23-32)39-26-33-25-38-33)24-35-37(30-17-9-3-10-18-30)31-19-11-4-12-20-31/h1,3,5-7,9-11,13-24,33H,2,4,8,12,25-26H2/b35-24+. The van der Waals surface area contributed by atoms with Crippen LogP contribution in [-0.4, -0.2) is 25.5 Å². The van der Waals surface area contributed by atoms with Crippen LogP contribution in [0.5, 0.6) is 5.75 Å². The van der Waals surface area contributed by atoms with E-state index >= 15 is 0 Å². The predicted molar refractivity (Wildman–Crippen MR) is 160 cm³/mol. The first-order valence-corrected chi connectivity index (χ1v) is 13.7. The number of ether oxygens (including phenoxy) is 2. The Balaban J connectivity index is 1.37. The molecule has 0 saturated carbocycles. The molecule has 3 aromatic rings. The molecule has 2 aliphatic carbocycles. The highest BCUT2D eigenvalue weighted by Crippen LogP contribution is 2.35. The number of hydrogen-bond acceptors (Lipinski definition) is 5. The molecule has 0 spiro atoms. The molecule has 3 aromatic carbocycles. The maximum atomic E-state index is 6.33. The molecular formula is C34H33N3O2. The van der Waals surface area contributed by atoms with Crippen LogP contribution in [0.1, 0.15) is 31.2 Å². The van der Waals surface area contributed by atoms with Gasteiger partial charge in [0.15, 0.2) is 0 Å². The second-order valence-corrected chi connectivity index (χ2v) is 9.77. The van der Waals surface area contributed by atoms with Crippen LogP contribution in [-0.2, 0) is 4.74 Å². The topological polar surface area (TPSA) is 40.6 Å². The highest BCUT2D eigenvalue weighted by atomic mass is 16.6. The second-order valence-electron chi connectivity index (χ2n) is 9.77. The Hall–Kier alpha value is -4.35. The molecule has 1 aliphatic heterocycles. The van der Waals surface area contributed by atoms with Gasteiger partial charge in [-0.2, -0.15) is 5.10 Å². The number of hydrogen-bond donors (Lipinski definition) is 0. The van der Waals surface area contributed by atoms with Crippen molar-refractivity contribution in [3.05, 3.63) is 132 Å². The molecule has 39 heavy (non-hydrogen) atoms. The summed E-state index contributed by atoms with van der Waals surface area (Å²) in [7, 11) is 0. The van der Waals surface area contributed by atoms with Gasteiger partial charge in [0.05, 0.1) is 24.2 Å². The van der Waals surface area contributed by atoms with Gasteiger partial charge in [-0.25, -0.2) is 5.01 Å². The van der Waals surface area contributed by atoms with Gasteiger partial charge in [0.2, 0.25) is 0 Å². The lowest BCUT2D eigenvalue weighted by molar-refractivity contribution is 0.263. The normalized spacial score (nSPS) is 18.0. The predicted octanol–water partition coefficient (Wildman–Crippen LogP) is 7.91. The summed E-state index contributed by atoms with van der Waals surface area (Å²) >= 11 is 0. The zero-order chi connectivity index (χ0) is 26.3. The van der Waals surface area contributed by atoms with Gasteiger partial charge in [0.25, 0.3) is 0 Å². The fourth-order valence-corrected chi connectivity index (χ4v) is 4.76. The molecule has 1 unspecified atom stereocenters. The van der Waals surface area contributed by atoms with E-state index in [2.05, 4.69) is 96.0 Å². The number of para-hydroxylation sites is 2. The Kier molecular flexibility index (Phi) is 7.69. The number of allylic oxidation sites excluding steroid dienone is 6. The van der Waals surface area contributed by atoms with Gasteiger partial charge >= 0.3 is 0 Å².